The molecular formula is C16H26N2O. The summed E-state index contributed by atoms with van der Waals surface area (Å²) in [5.74, 6) is 1.65. The Morgan fingerprint density at radius 3 is 3.00 bits per heavy atom. The molecule has 0 aliphatic carbocycles. The Balaban J connectivity index is 2.09. The molecule has 1 aliphatic rings. The van der Waals surface area contributed by atoms with Gasteiger partial charge in [-0.2, -0.15) is 0 Å². The molecule has 0 spiro atoms. The first kappa shape index (κ1) is 14.4. The molecule has 1 aliphatic heterocycles. The van der Waals surface area contributed by atoms with E-state index in [2.05, 4.69) is 42.4 Å². The summed E-state index contributed by atoms with van der Waals surface area (Å²) in [6, 6.07) is 9.03. The lowest BCUT2D eigenvalue weighted by molar-refractivity contribution is 0.271. The van der Waals surface area contributed by atoms with Gasteiger partial charge in [-0.3, -0.25) is 4.90 Å². The molecule has 0 saturated carbocycles. The van der Waals surface area contributed by atoms with Crippen LogP contribution in [0.5, 0.6) is 5.75 Å². The molecule has 2 atom stereocenters. The number of benzene rings is 1. The van der Waals surface area contributed by atoms with Crippen molar-refractivity contribution in [3.63, 3.8) is 0 Å². The summed E-state index contributed by atoms with van der Waals surface area (Å²) in [7, 11) is 3.96. The zero-order valence-corrected chi connectivity index (χ0v) is 12.4. The number of hydrogen-bond donors (Lipinski definition) is 1. The minimum absolute atomic E-state index is 0.513. The molecule has 1 saturated heterocycles. The normalized spacial score (nSPS) is 23.7. The average Bonchev–Trinajstić information content (AvgIpc) is 2.80. The van der Waals surface area contributed by atoms with Gasteiger partial charge in [0.05, 0.1) is 7.11 Å². The zero-order chi connectivity index (χ0) is 13.7. The molecule has 1 aromatic rings. The molecule has 106 valence electrons. The van der Waals surface area contributed by atoms with Crippen molar-refractivity contribution in [2.75, 3.05) is 33.8 Å². The molecule has 1 aromatic carbocycles. The van der Waals surface area contributed by atoms with Crippen molar-refractivity contribution in [2.24, 2.45) is 5.92 Å². The quantitative estimate of drug-likeness (QED) is 0.798. The molecule has 19 heavy (non-hydrogen) atoms. The van der Waals surface area contributed by atoms with Gasteiger partial charge in [-0.15, -0.1) is 0 Å². The molecule has 0 radical (unpaired) electrons. The highest BCUT2D eigenvalue weighted by molar-refractivity contribution is 5.31. The molecular weight excluding hydrogens is 236 g/mol. The third-order valence-corrected chi connectivity index (χ3v) is 4.04. The maximum absolute atomic E-state index is 5.35. The van der Waals surface area contributed by atoms with Crippen molar-refractivity contribution in [2.45, 2.75) is 25.8 Å². The maximum Gasteiger partial charge on any atom is 0.119 e. The van der Waals surface area contributed by atoms with E-state index < -0.39 is 0 Å². The van der Waals surface area contributed by atoms with Crippen LogP contribution in [0.25, 0.3) is 0 Å². The predicted molar refractivity (Wildman–Crippen MR) is 79.6 cm³/mol. The average molecular weight is 262 g/mol. The number of ether oxygens (including phenoxy) is 1. The number of nitrogens with zero attached hydrogens (tertiary/aromatic N) is 1. The standard InChI is InChI=1S/C16H26N2O/c1-4-9-17-12-14-8-10-18(2)16(14)13-6-5-7-15(11-13)19-3/h5-7,11,14,16-17H,4,8-10,12H2,1-3H3. The second kappa shape index (κ2) is 6.92. The highest BCUT2D eigenvalue weighted by atomic mass is 16.5. The van der Waals surface area contributed by atoms with Gasteiger partial charge in [-0.05, 0) is 63.1 Å². The third kappa shape index (κ3) is 3.48. The lowest BCUT2D eigenvalue weighted by Gasteiger charge is -2.26. The molecule has 0 aromatic heterocycles. The molecule has 1 heterocycles. The minimum atomic E-state index is 0.513. The van der Waals surface area contributed by atoms with E-state index in [1.165, 1.54) is 24.9 Å². The second-order valence-electron chi connectivity index (χ2n) is 5.45. The molecule has 3 heteroatoms. The number of likely N-dealkylation sites (tertiary alicyclic amines) is 1. The molecule has 0 bridgehead atoms. The second-order valence-corrected chi connectivity index (χ2v) is 5.45. The largest absolute Gasteiger partial charge is 0.497 e. The SMILES string of the molecule is CCCNCC1CCN(C)C1c1cccc(OC)c1. The summed E-state index contributed by atoms with van der Waals surface area (Å²) >= 11 is 0. The highest BCUT2D eigenvalue weighted by Crippen LogP contribution is 2.36. The fraction of sp³-hybridized carbons (Fsp3) is 0.625. The van der Waals surface area contributed by atoms with Gasteiger partial charge in [0, 0.05) is 6.04 Å². The van der Waals surface area contributed by atoms with E-state index >= 15 is 0 Å². The first-order valence-electron chi connectivity index (χ1n) is 7.31. The fourth-order valence-electron chi connectivity index (χ4n) is 3.06. The Bertz CT molecular complexity index is 394. The highest BCUT2D eigenvalue weighted by Gasteiger charge is 2.32. The van der Waals surface area contributed by atoms with Crippen LogP contribution in [0.1, 0.15) is 31.4 Å². The predicted octanol–water partition coefficient (Wildman–Crippen LogP) is 2.69. The van der Waals surface area contributed by atoms with Crippen molar-refractivity contribution >= 4 is 0 Å². The Labute approximate surface area is 116 Å². The third-order valence-electron chi connectivity index (χ3n) is 4.04. The van der Waals surface area contributed by atoms with Crippen LogP contribution in [0.3, 0.4) is 0 Å². The fourth-order valence-corrected chi connectivity index (χ4v) is 3.06. The van der Waals surface area contributed by atoms with Gasteiger partial charge in [-0.25, -0.2) is 0 Å². The summed E-state index contributed by atoms with van der Waals surface area (Å²) in [6.45, 7) is 5.62. The monoisotopic (exact) mass is 262 g/mol. The van der Waals surface area contributed by atoms with Crippen molar-refractivity contribution < 1.29 is 4.74 Å². The molecule has 1 fully saturated rings. The van der Waals surface area contributed by atoms with Crippen LogP contribution in [-0.2, 0) is 0 Å². The van der Waals surface area contributed by atoms with Gasteiger partial charge < -0.3 is 10.1 Å². The Morgan fingerprint density at radius 1 is 1.42 bits per heavy atom. The van der Waals surface area contributed by atoms with Gasteiger partial charge in [-0.1, -0.05) is 19.1 Å². The van der Waals surface area contributed by atoms with E-state index in [0.29, 0.717) is 12.0 Å². The van der Waals surface area contributed by atoms with E-state index in [1.807, 2.05) is 6.07 Å². The minimum Gasteiger partial charge on any atom is -0.497 e. The summed E-state index contributed by atoms with van der Waals surface area (Å²) in [5.41, 5.74) is 1.38. The first-order chi connectivity index (χ1) is 9.26. The summed E-state index contributed by atoms with van der Waals surface area (Å²) in [4.78, 5) is 2.47. The molecule has 2 unspecified atom stereocenters. The summed E-state index contributed by atoms with van der Waals surface area (Å²) in [5, 5.41) is 3.57. The summed E-state index contributed by atoms with van der Waals surface area (Å²) in [6.07, 6.45) is 2.47. The van der Waals surface area contributed by atoms with Gasteiger partial charge in [0.1, 0.15) is 5.75 Å². The van der Waals surface area contributed by atoms with Crippen LogP contribution in [0.4, 0.5) is 0 Å². The number of hydrogen-bond acceptors (Lipinski definition) is 3. The van der Waals surface area contributed by atoms with Crippen LogP contribution >= 0.6 is 0 Å². The van der Waals surface area contributed by atoms with Crippen LogP contribution < -0.4 is 10.1 Å². The summed E-state index contributed by atoms with van der Waals surface area (Å²) < 4.78 is 5.35. The van der Waals surface area contributed by atoms with Gasteiger partial charge in [0.15, 0.2) is 0 Å². The van der Waals surface area contributed by atoms with Gasteiger partial charge in [0.25, 0.3) is 0 Å². The van der Waals surface area contributed by atoms with E-state index in [0.717, 1.165) is 18.8 Å². The van der Waals surface area contributed by atoms with Crippen LogP contribution in [0, 0.1) is 5.92 Å². The first-order valence-corrected chi connectivity index (χ1v) is 7.31. The van der Waals surface area contributed by atoms with Crippen molar-refractivity contribution in [1.82, 2.24) is 10.2 Å². The van der Waals surface area contributed by atoms with Crippen molar-refractivity contribution in [3.05, 3.63) is 29.8 Å². The Hall–Kier alpha value is -1.06. The number of rotatable bonds is 6. The lowest BCUT2D eigenvalue weighted by atomic mass is 9.93. The molecule has 1 N–H and O–H groups in total. The van der Waals surface area contributed by atoms with Crippen molar-refractivity contribution in [1.29, 1.82) is 0 Å². The van der Waals surface area contributed by atoms with Crippen LogP contribution in [0.2, 0.25) is 0 Å². The number of methoxy groups -OCH3 is 1. The topological polar surface area (TPSA) is 24.5 Å². The lowest BCUT2D eigenvalue weighted by Crippen LogP contribution is -2.28. The molecule has 0 amide bonds. The van der Waals surface area contributed by atoms with E-state index in [-0.39, 0.29) is 0 Å². The Kier molecular flexibility index (Phi) is 5.23. The van der Waals surface area contributed by atoms with Crippen LogP contribution in [-0.4, -0.2) is 38.7 Å². The van der Waals surface area contributed by atoms with Crippen molar-refractivity contribution in [3.8, 4) is 5.75 Å². The molecule has 2 rings (SSSR count). The van der Waals surface area contributed by atoms with E-state index in [9.17, 15) is 0 Å². The van der Waals surface area contributed by atoms with E-state index in [1.54, 1.807) is 7.11 Å². The Morgan fingerprint density at radius 2 is 2.26 bits per heavy atom. The van der Waals surface area contributed by atoms with Crippen LogP contribution in [0.15, 0.2) is 24.3 Å². The maximum atomic E-state index is 5.35. The van der Waals surface area contributed by atoms with Gasteiger partial charge in [0.2, 0.25) is 0 Å². The van der Waals surface area contributed by atoms with Gasteiger partial charge >= 0.3 is 0 Å². The zero-order valence-electron chi connectivity index (χ0n) is 12.4. The molecule has 3 nitrogen and oxygen atoms in total. The number of nitrogens with one attached hydrogen (secondary N) is 1. The van der Waals surface area contributed by atoms with E-state index in [4.69, 9.17) is 4.74 Å². The smallest absolute Gasteiger partial charge is 0.119 e.